The van der Waals surface area contributed by atoms with Gasteiger partial charge in [0.15, 0.2) is 0 Å². The van der Waals surface area contributed by atoms with Crippen LogP contribution < -0.4 is 11.3 Å². The number of hydrogen-bond acceptors (Lipinski definition) is 5. The number of rotatable bonds is 3. The summed E-state index contributed by atoms with van der Waals surface area (Å²) in [5, 5.41) is 10.4. The van der Waals surface area contributed by atoms with Gasteiger partial charge in [0.25, 0.3) is 5.95 Å². The van der Waals surface area contributed by atoms with Gasteiger partial charge >= 0.3 is 0 Å². The van der Waals surface area contributed by atoms with Crippen molar-refractivity contribution >= 4 is 40.3 Å². The molecule has 6 nitrogen and oxygen atoms in total. The summed E-state index contributed by atoms with van der Waals surface area (Å²) in [6.45, 7) is 0. The molecule has 0 spiro atoms. The summed E-state index contributed by atoms with van der Waals surface area (Å²) in [6, 6.07) is 7.71. The molecule has 0 atom stereocenters. The van der Waals surface area contributed by atoms with Crippen molar-refractivity contribution in [3.05, 3.63) is 39.1 Å². The van der Waals surface area contributed by atoms with E-state index in [0.29, 0.717) is 10.7 Å². The maximum Gasteiger partial charge on any atom is 0.262 e. The lowest BCUT2D eigenvalue weighted by molar-refractivity contribution is 0.971. The van der Waals surface area contributed by atoms with Gasteiger partial charge in [0.05, 0.1) is 6.21 Å². The summed E-state index contributed by atoms with van der Waals surface area (Å²) >= 11 is 8.21. The second kappa shape index (κ2) is 5.11. The first-order valence-electron chi connectivity index (χ1n) is 4.64. The average molecular weight is 313 g/mol. The van der Waals surface area contributed by atoms with Crippen LogP contribution in [0, 0.1) is 4.77 Å². The van der Waals surface area contributed by atoms with Crippen LogP contribution >= 0.6 is 28.1 Å². The molecule has 0 aliphatic heterocycles. The van der Waals surface area contributed by atoms with Crippen LogP contribution in [-0.4, -0.2) is 21.1 Å². The van der Waals surface area contributed by atoms with Gasteiger partial charge in [-0.15, -0.1) is 5.10 Å². The molecule has 8 heteroatoms. The number of halogens is 1. The normalized spacial score (nSPS) is 10.9. The van der Waals surface area contributed by atoms with E-state index in [4.69, 9.17) is 18.1 Å². The van der Waals surface area contributed by atoms with E-state index >= 15 is 0 Å². The molecule has 0 radical (unpaired) electrons. The zero-order valence-electron chi connectivity index (χ0n) is 8.59. The minimum absolute atomic E-state index is 0.325. The number of nitrogens with zero attached hydrogens (tertiary/aromatic N) is 3. The molecule has 0 bridgehead atoms. The van der Waals surface area contributed by atoms with E-state index in [1.807, 2.05) is 24.3 Å². The fourth-order valence-corrected chi connectivity index (χ4v) is 1.49. The van der Waals surface area contributed by atoms with Gasteiger partial charge < -0.3 is 5.84 Å². The van der Waals surface area contributed by atoms with Crippen LogP contribution in [0.5, 0.6) is 0 Å². The first kappa shape index (κ1) is 11.8. The minimum Gasteiger partial charge on any atom is -0.334 e. The molecule has 1 aromatic heterocycles. The molecule has 1 heterocycles. The van der Waals surface area contributed by atoms with Crippen LogP contribution in [0.2, 0.25) is 0 Å². The predicted molar refractivity (Wildman–Crippen MR) is 72.9 cm³/mol. The highest BCUT2D eigenvalue weighted by Gasteiger charge is 1.98. The molecule has 1 aromatic carbocycles. The van der Waals surface area contributed by atoms with Crippen LogP contribution in [0.1, 0.15) is 5.56 Å². The number of aromatic nitrogens is 3. The summed E-state index contributed by atoms with van der Waals surface area (Å²) < 4.78 is 2.55. The largest absolute Gasteiger partial charge is 0.334 e. The Morgan fingerprint density at radius 1 is 1.47 bits per heavy atom. The van der Waals surface area contributed by atoms with Crippen molar-refractivity contribution in [2.45, 2.75) is 0 Å². The molecule has 0 fully saturated rings. The highest BCUT2D eigenvalue weighted by atomic mass is 79.9. The molecular formula is C9H9BrN6S. The van der Waals surface area contributed by atoms with Crippen molar-refractivity contribution in [1.29, 1.82) is 0 Å². The number of aromatic amines is 1. The second-order valence-electron chi connectivity index (χ2n) is 3.14. The van der Waals surface area contributed by atoms with E-state index in [1.165, 1.54) is 4.68 Å². The van der Waals surface area contributed by atoms with E-state index in [-0.39, 0.29) is 0 Å². The predicted octanol–water partition coefficient (Wildman–Crippen LogP) is 1.86. The maximum atomic E-state index is 5.58. The molecule has 2 aromatic rings. The first-order valence-corrected chi connectivity index (χ1v) is 5.84. The smallest absolute Gasteiger partial charge is 0.262 e. The Hall–Kier alpha value is -1.67. The summed E-state index contributed by atoms with van der Waals surface area (Å²) in [7, 11) is 0. The van der Waals surface area contributed by atoms with Gasteiger partial charge in [0.1, 0.15) is 0 Å². The van der Waals surface area contributed by atoms with Crippen LogP contribution in [0.3, 0.4) is 0 Å². The molecule has 88 valence electrons. The highest BCUT2D eigenvalue weighted by molar-refractivity contribution is 9.10. The Morgan fingerprint density at radius 3 is 2.76 bits per heavy atom. The lowest BCUT2D eigenvalue weighted by Gasteiger charge is -1.97. The Balaban J connectivity index is 2.05. The third-order valence-electron chi connectivity index (χ3n) is 1.95. The third kappa shape index (κ3) is 2.92. The molecule has 0 unspecified atom stereocenters. The molecule has 4 N–H and O–H groups in total. The van der Waals surface area contributed by atoms with Crippen LogP contribution in [0.25, 0.3) is 0 Å². The number of hydrogen-bond donors (Lipinski definition) is 3. The SMILES string of the molecule is Nn1c(NN=Cc2ccc(Br)cc2)n[nH]c1=S. The van der Waals surface area contributed by atoms with Crippen LogP contribution in [-0.2, 0) is 0 Å². The van der Waals surface area contributed by atoms with Crippen molar-refractivity contribution in [1.82, 2.24) is 14.9 Å². The molecule has 0 saturated heterocycles. The number of nitrogens with one attached hydrogen (secondary N) is 2. The molecule has 17 heavy (non-hydrogen) atoms. The maximum absolute atomic E-state index is 5.58. The van der Waals surface area contributed by atoms with Gasteiger partial charge in [-0.2, -0.15) is 9.78 Å². The molecule has 0 amide bonds. The summed E-state index contributed by atoms with van der Waals surface area (Å²) in [5.74, 6) is 5.93. The molecular weight excluding hydrogens is 304 g/mol. The lowest BCUT2D eigenvalue weighted by atomic mass is 10.2. The minimum atomic E-state index is 0.325. The average Bonchev–Trinajstić information content (AvgIpc) is 2.64. The van der Waals surface area contributed by atoms with Crippen molar-refractivity contribution in [3.8, 4) is 0 Å². The van der Waals surface area contributed by atoms with Crippen molar-refractivity contribution < 1.29 is 0 Å². The fourth-order valence-electron chi connectivity index (χ4n) is 1.10. The van der Waals surface area contributed by atoms with Gasteiger partial charge in [-0.3, -0.25) is 0 Å². The Morgan fingerprint density at radius 2 is 2.18 bits per heavy atom. The zero-order chi connectivity index (χ0) is 12.3. The molecule has 0 saturated carbocycles. The molecule has 0 aliphatic rings. The second-order valence-corrected chi connectivity index (χ2v) is 4.45. The lowest BCUT2D eigenvalue weighted by Crippen LogP contribution is -2.11. The van der Waals surface area contributed by atoms with E-state index in [0.717, 1.165) is 10.0 Å². The first-order chi connectivity index (χ1) is 8.16. The van der Waals surface area contributed by atoms with E-state index < -0.39 is 0 Å². The highest BCUT2D eigenvalue weighted by Crippen LogP contribution is 2.09. The quantitative estimate of drug-likeness (QED) is 0.349. The number of hydrazone groups is 1. The van der Waals surface area contributed by atoms with Gasteiger partial charge in [-0.05, 0) is 29.9 Å². The Labute approximate surface area is 111 Å². The fraction of sp³-hybridized carbons (Fsp3) is 0. The zero-order valence-corrected chi connectivity index (χ0v) is 11.0. The number of nitrogen functional groups attached to an aromatic ring is 1. The number of anilines is 1. The summed E-state index contributed by atoms with van der Waals surface area (Å²) in [4.78, 5) is 0. The summed E-state index contributed by atoms with van der Waals surface area (Å²) in [6.07, 6.45) is 1.66. The van der Waals surface area contributed by atoms with Crippen molar-refractivity contribution in [2.24, 2.45) is 5.10 Å². The number of nitrogens with two attached hydrogens (primary N) is 1. The van der Waals surface area contributed by atoms with E-state index in [9.17, 15) is 0 Å². The summed E-state index contributed by atoms with van der Waals surface area (Å²) in [5.41, 5.74) is 3.64. The van der Waals surface area contributed by atoms with Gasteiger partial charge in [-0.25, -0.2) is 10.5 Å². The standard InChI is InChI=1S/C9H9BrN6S/c10-7-3-1-6(2-4-7)5-12-13-8-14-15-9(17)16(8)11/h1-5H,11H2,(H,13,14)(H,15,17). The van der Waals surface area contributed by atoms with Crippen molar-refractivity contribution in [2.75, 3.05) is 11.3 Å². The van der Waals surface area contributed by atoms with Crippen LogP contribution in [0.4, 0.5) is 5.95 Å². The monoisotopic (exact) mass is 312 g/mol. The Bertz CT molecular complexity index is 584. The molecule has 2 rings (SSSR count). The van der Waals surface area contributed by atoms with Crippen molar-refractivity contribution in [3.63, 3.8) is 0 Å². The van der Waals surface area contributed by atoms with E-state index in [1.54, 1.807) is 6.21 Å². The van der Waals surface area contributed by atoms with Gasteiger partial charge in [0, 0.05) is 4.47 Å². The topological polar surface area (TPSA) is 84.0 Å². The van der Waals surface area contributed by atoms with Crippen LogP contribution in [0.15, 0.2) is 33.8 Å². The third-order valence-corrected chi connectivity index (χ3v) is 2.77. The molecule has 0 aliphatic carbocycles. The van der Waals surface area contributed by atoms with E-state index in [2.05, 4.69) is 36.7 Å². The Kier molecular flexibility index (Phi) is 3.55. The van der Waals surface area contributed by atoms with Gasteiger partial charge in [-0.1, -0.05) is 28.1 Å². The number of benzene rings is 1. The number of H-pyrrole nitrogens is 1. The van der Waals surface area contributed by atoms with Gasteiger partial charge in [0.2, 0.25) is 4.77 Å².